The molecule has 0 saturated carbocycles. The van der Waals surface area contributed by atoms with Gasteiger partial charge in [0.05, 0.1) is 0 Å². The van der Waals surface area contributed by atoms with Gasteiger partial charge < -0.3 is 0 Å². The van der Waals surface area contributed by atoms with Crippen LogP contribution < -0.4 is 0 Å². The van der Waals surface area contributed by atoms with Crippen LogP contribution in [-0.2, 0) is 0 Å². The summed E-state index contributed by atoms with van der Waals surface area (Å²) in [5.41, 5.74) is 0.662. The van der Waals surface area contributed by atoms with Crippen molar-refractivity contribution in [1.82, 2.24) is 0 Å². The molecular weight excluding hydrogens is 244 g/mol. The number of rotatable bonds is 2. The first-order valence-electron chi connectivity index (χ1n) is 5.37. The highest BCUT2D eigenvalue weighted by molar-refractivity contribution is 5.33. The molecule has 0 spiro atoms. The molecule has 0 bridgehead atoms. The van der Waals surface area contributed by atoms with E-state index in [0.717, 1.165) is 36.4 Å². The van der Waals surface area contributed by atoms with E-state index in [9.17, 15) is 17.6 Å². The highest BCUT2D eigenvalue weighted by Crippen LogP contribution is 2.26. The summed E-state index contributed by atoms with van der Waals surface area (Å²) in [5, 5.41) is 0. The van der Waals surface area contributed by atoms with E-state index in [1.807, 2.05) is 0 Å². The van der Waals surface area contributed by atoms with Crippen LogP contribution in [0.15, 0.2) is 36.4 Å². The number of hydrogen-bond donors (Lipinski definition) is 0. The molecule has 0 amide bonds. The molecule has 0 heterocycles. The van der Waals surface area contributed by atoms with Crippen molar-refractivity contribution in [3.63, 3.8) is 0 Å². The molecule has 94 valence electrons. The van der Waals surface area contributed by atoms with E-state index in [4.69, 9.17) is 0 Å². The predicted octanol–water partition coefficient (Wildman–Crippen LogP) is 4.39. The predicted molar refractivity (Wildman–Crippen MR) is 60.2 cm³/mol. The smallest absolute Gasteiger partial charge is 0.126 e. The van der Waals surface area contributed by atoms with Crippen LogP contribution in [0.1, 0.15) is 24.0 Å². The minimum absolute atomic E-state index is 0.331. The zero-order chi connectivity index (χ0) is 13.3. The fraction of sp³-hybridized carbons (Fsp3) is 0.143. The Hall–Kier alpha value is -1.84. The largest absolute Gasteiger partial charge is 0.207 e. The topological polar surface area (TPSA) is 0 Å². The Labute approximate surface area is 102 Å². The first kappa shape index (κ1) is 12.6. The van der Waals surface area contributed by atoms with Gasteiger partial charge in [-0.1, -0.05) is 6.92 Å². The van der Waals surface area contributed by atoms with E-state index >= 15 is 0 Å². The van der Waals surface area contributed by atoms with Gasteiger partial charge >= 0.3 is 0 Å². The van der Waals surface area contributed by atoms with Crippen molar-refractivity contribution >= 4 is 0 Å². The van der Waals surface area contributed by atoms with Gasteiger partial charge in [0.2, 0.25) is 0 Å². The Morgan fingerprint density at radius 2 is 0.889 bits per heavy atom. The van der Waals surface area contributed by atoms with Crippen molar-refractivity contribution in [3.8, 4) is 0 Å². The highest BCUT2D eigenvalue weighted by Gasteiger charge is 2.13. The minimum Gasteiger partial charge on any atom is -0.207 e. The lowest BCUT2D eigenvalue weighted by molar-refractivity contribution is 0.573. The second-order valence-electron chi connectivity index (χ2n) is 4.13. The molecule has 0 fully saturated rings. The molecule has 2 aromatic carbocycles. The van der Waals surface area contributed by atoms with Gasteiger partial charge in [0, 0.05) is 18.1 Å². The van der Waals surface area contributed by atoms with E-state index in [2.05, 4.69) is 0 Å². The van der Waals surface area contributed by atoms with Crippen LogP contribution in [0.25, 0.3) is 0 Å². The number of benzene rings is 2. The average Bonchev–Trinajstić information content (AvgIpc) is 2.25. The summed E-state index contributed by atoms with van der Waals surface area (Å²) in [6, 6.07) is 6.10. The van der Waals surface area contributed by atoms with Crippen LogP contribution in [0.4, 0.5) is 17.6 Å². The zero-order valence-electron chi connectivity index (χ0n) is 9.55. The molecule has 0 saturated heterocycles. The van der Waals surface area contributed by atoms with Crippen molar-refractivity contribution in [2.45, 2.75) is 12.8 Å². The van der Waals surface area contributed by atoms with Gasteiger partial charge in [0.15, 0.2) is 0 Å². The summed E-state index contributed by atoms with van der Waals surface area (Å²) in [6.07, 6.45) is 0. The zero-order valence-corrected chi connectivity index (χ0v) is 9.55. The SMILES string of the molecule is CC(c1cc(F)cc(F)c1)c1cc(F)cc(F)c1. The second-order valence-corrected chi connectivity index (χ2v) is 4.13. The Bertz CT molecular complexity index is 486. The Kier molecular flexibility index (Phi) is 3.36. The summed E-state index contributed by atoms with van der Waals surface area (Å²) < 4.78 is 52.3. The quantitative estimate of drug-likeness (QED) is 0.697. The molecular formula is C14H10F4. The van der Waals surface area contributed by atoms with Crippen LogP contribution >= 0.6 is 0 Å². The first-order valence-corrected chi connectivity index (χ1v) is 5.37. The van der Waals surface area contributed by atoms with Crippen molar-refractivity contribution in [2.24, 2.45) is 0 Å². The summed E-state index contributed by atoms with van der Waals surface area (Å²) >= 11 is 0. The summed E-state index contributed by atoms with van der Waals surface area (Å²) in [4.78, 5) is 0. The van der Waals surface area contributed by atoms with Gasteiger partial charge in [0.25, 0.3) is 0 Å². The molecule has 0 atom stereocenters. The molecule has 2 rings (SSSR count). The van der Waals surface area contributed by atoms with Gasteiger partial charge in [-0.25, -0.2) is 17.6 Å². The van der Waals surface area contributed by atoms with E-state index in [-0.39, 0.29) is 0 Å². The normalized spacial score (nSPS) is 11.0. The van der Waals surface area contributed by atoms with Crippen molar-refractivity contribution < 1.29 is 17.6 Å². The number of halogens is 4. The van der Waals surface area contributed by atoms with Gasteiger partial charge in [-0.3, -0.25) is 0 Å². The summed E-state index contributed by atoms with van der Waals surface area (Å²) in [5.74, 6) is -3.36. The van der Waals surface area contributed by atoms with Gasteiger partial charge in [-0.15, -0.1) is 0 Å². The first-order chi connectivity index (χ1) is 8.45. The molecule has 0 unspecified atom stereocenters. The van der Waals surface area contributed by atoms with Gasteiger partial charge in [0.1, 0.15) is 23.3 Å². The Balaban J connectivity index is 2.43. The van der Waals surface area contributed by atoms with E-state index in [1.54, 1.807) is 6.92 Å². The Morgan fingerprint density at radius 3 is 1.17 bits per heavy atom. The molecule has 0 nitrogen and oxygen atoms in total. The molecule has 0 aliphatic carbocycles. The third-order valence-electron chi connectivity index (χ3n) is 2.77. The minimum atomic E-state index is -0.714. The average molecular weight is 254 g/mol. The van der Waals surface area contributed by atoms with Crippen molar-refractivity contribution in [2.75, 3.05) is 0 Å². The summed E-state index contributed by atoms with van der Waals surface area (Å²) in [6.45, 7) is 1.63. The molecule has 18 heavy (non-hydrogen) atoms. The highest BCUT2D eigenvalue weighted by atomic mass is 19.1. The molecule has 2 aromatic rings. The molecule has 0 aliphatic rings. The second kappa shape index (κ2) is 4.80. The van der Waals surface area contributed by atoms with E-state index < -0.39 is 29.2 Å². The van der Waals surface area contributed by atoms with Crippen LogP contribution in [0, 0.1) is 23.3 Å². The monoisotopic (exact) mass is 254 g/mol. The summed E-state index contributed by atoms with van der Waals surface area (Å²) in [7, 11) is 0. The molecule has 0 aliphatic heterocycles. The van der Waals surface area contributed by atoms with E-state index in [1.165, 1.54) is 0 Å². The lowest BCUT2D eigenvalue weighted by Gasteiger charge is -2.13. The van der Waals surface area contributed by atoms with Crippen LogP contribution in [0.3, 0.4) is 0 Å². The third kappa shape index (κ3) is 2.70. The van der Waals surface area contributed by atoms with E-state index in [0.29, 0.717) is 11.1 Å². The third-order valence-corrected chi connectivity index (χ3v) is 2.77. The van der Waals surface area contributed by atoms with Gasteiger partial charge in [-0.2, -0.15) is 0 Å². The van der Waals surface area contributed by atoms with Crippen LogP contribution in [0.2, 0.25) is 0 Å². The van der Waals surface area contributed by atoms with Crippen molar-refractivity contribution in [1.29, 1.82) is 0 Å². The molecule has 4 heteroatoms. The molecule has 0 radical (unpaired) electrons. The standard InChI is InChI=1S/C14H10F4/c1-8(9-2-11(15)6-12(16)3-9)10-4-13(17)7-14(18)5-10/h2-8H,1H3. The maximum atomic E-state index is 13.1. The molecule has 0 N–H and O–H groups in total. The fourth-order valence-electron chi connectivity index (χ4n) is 1.84. The van der Waals surface area contributed by atoms with Crippen LogP contribution in [-0.4, -0.2) is 0 Å². The van der Waals surface area contributed by atoms with Crippen LogP contribution in [0.5, 0.6) is 0 Å². The molecule has 0 aromatic heterocycles. The maximum absolute atomic E-state index is 13.1. The van der Waals surface area contributed by atoms with Gasteiger partial charge in [-0.05, 0) is 35.4 Å². The maximum Gasteiger partial charge on any atom is 0.126 e. The van der Waals surface area contributed by atoms with Crippen molar-refractivity contribution in [3.05, 3.63) is 70.8 Å². The lowest BCUT2D eigenvalue weighted by Crippen LogP contribution is -1.99. The number of hydrogen-bond acceptors (Lipinski definition) is 0. The fourth-order valence-corrected chi connectivity index (χ4v) is 1.84. The Morgan fingerprint density at radius 1 is 0.611 bits per heavy atom. The lowest BCUT2D eigenvalue weighted by atomic mass is 9.93.